The highest BCUT2D eigenvalue weighted by atomic mass is 19.4. The zero-order valence-corrected chi connectivity index (χ0v) is 15.2. The summed E-state index contributed by atoms with van der Waals surface area (Å²) in [4.78, 5) is 23.0. The van der Waals surface area contributed by atoms with Crippen LogP contribution in [0.4, 0.5) is 29.3 Å². The summed E-state index contributed by atoms with van der Waals surface area (Å²) in [6.45, 7) is 0. The SMILES string of the molecule is O=C(Nc1ccc(C(F)(F)F)cc1)Nc1cccc(Oc2ccc(C(=O)O)cc2)c1. The number of hydrogen-bond acceptors (Lipinski definition) is 3. The molecule has 9 heteroatoms. The van der Waals surface area contributed by atoms with Gasteiger partial charge in [-0.15, -0.1) is 0 Å². The predicted octanol–water partition coefficient (Wildman–Crippen LogP) is 5.84. The largest absolute Gasteiger partial charge is 0.478 e. The zero-order chi connectivity index (χ0) is 21.7. The molecule has 0 radical (unpaired) electrons. The van der Waals surface area contributed by atoms with Gasteiger partial charge in [-0.3, -0.25) is 0 Å². The Labute approximate surface area is 168 Å². The molecule has 0 aliphatic carbocycles. The van der Waals surface area contributed by atoms with Crippen LogP contribution in [0.5, 0.6) is 11.5 Å². The number of urea groups is 1. The zero-order valence-electron chi connectivity index (χ0n) is 15.2. The summed E-state index contributed by atoms with van der Waals surface area (Å²) in [5, 5.41) is 13.9. The summed E-state index contributed by atoms with van der Waals surface area (Å²) in [6, 6.07) is 15.6. The first-order valence-corrected chi connectivity index (χ1v) is 8.57. The maximum Gasteiger partial charge on any atom is 0.416 e. The monoisotopic (exact) mass is 416 g/mol. The Morgan fingerprint density at radius 3 is 2.03 bits per heavy atom. The molecule has 0 aliphatic heterocycles. The van der Waals surface area contributed by atoms with Crippen LogP contribution in [0.3, 0.4) is 0 Å². The highest BCUT2D eigenvalue weighted by molar-refractivity contribution is 5.99. The van der Waals surface area contributed by atoms with E-state index in [1.54, 1.807) is 18.2 Å². The van der Waals surface area contributed by atoms with E-state index in [0.29, 0.717) is 17.2 Å². The van der Waals surface area contributed by atoms with E-state index in [0.717, 1.165) is 24.3 Å². The number of rotatable bonds is 5. The van der Waals surface area contributed by atoms with E-state index in [9.17, 15) is 22.8 Å². The van der Waals surface area contributed by atoms with E-state index in [1.807, 2.05) is 0 Å². The van der Waals surface area contributed by atoms with Crippen molar-refractivity contribution >= 4 is 23.4 Å². The maximum absolute atomic E-state index is 12.6. The van der Waals surface area contributed by atoms with Gasteiger partial charge in [0, 0.05) is 17.4 Å². The fourth-order valence-electron chi connectivity index (χ4n) is 2.47. The summed E-state index contributed by atoms with van der Waals surface area (Å²) >= 11 is 0. The molecule has 0 spiro atoms. The summed E-state index contributed by atoms with van der Waals surface area (Å²) < 4.78 is 43.4. The number of amides is 2. The minimum absolute atomic E-state index is 0.123. The number of carboxylic acid groups (broad SMARTS) is 1. The number of anilines is 2. The number of carbonyl (C=O) groups is 2. The molecule has 0 saturated heterocycles. The highest BCUT2D eigenvalue weighted by Crippen LogP contribution is 2.30. The Morgan fingerprint density at radius 1 is 0.800 bits per heavy atom. The fraction of sp³-hybridized carbons (Fsp3) is 0.0476. The number of carbonyl (C=O) groups excluding carboxylic acids is 1. The van der Waals surface area contributed by atoms with Gasteiger partial charge in [-0.2, -0.15) is 13.2 Å². The Hall–Kier alpha value is -4.01. The smallest absolute Gasteiger partial charge is 0.416 e. The third-order valence-electron chi connectivity index (χ3n) is 3.90. The number of hydrogen-bond donors (Lipinski definition) is 3. The lowest BCUT2D eigenvalue weighted by molar-refractivity contribution is -0.137. The van der Waals surface area contributed by atoms with E-state index in [-0.39, 0.29) is 11.3 Å². The van der Waals surface area contributed by atoms with Crippen molar-refractivity contribution in [3.63, 3.8) is 0 Å². The molecule has 154 valence electrons. The highest BCUT2D eigenvalue weighted by Gasteiger charge is 2.29. The van der Waals surface area contributed by atoms with E-state index in [2.05, 4.69) is 10.6 Å². The normalized spacial score (nSPS) is 10.9. The van der Waals surface area contributed by atoms with Crippen LogP contribution in [-0.4, -0.2) is 17.1 Å². The third-order valence-corrected chi connectivity index (χ3v) is 3.90. The molecule has 0 aromatic heterocycles. The van der Waals surface area contributed by atoms with Gasteiger partial charge in [-0.25, -0.2) is 9.59 Å². The maximum atomic E-state index is 12.6. The van der Waals surface area contributed by atoms with Gasteiger partial charge in [0.15, 0.2) is 0 Å². The number of nitrogens with one attached hydrogen (secondary N) is 2. The van der Waals surface area contributed by atoms with Crippen LogP contribution < -0.4 is 15.4 Å². The first-order valence-electron chi connectivity index (χ1n) is 8.57. The van der Waals surface area contributed by atoms with Crippen LogP contribution in [0.1, 0.15) is 15.9 Å². The van der Waals surface area contributed by atoms with Crippen LogP contribution in [-0.2, 0) is 6.18 Å². The van der Waals surface area contributed by atoms with E-state index >= 15 is 0 Å². The molecular weight excluding hydrogens is 401 g/mol. The Morgan fingerprint density at radius 2 is 1.43 bits per heavy atom. The van der Waals surface area contributed by atoms with Gasteiger partial charge < -0.3 is 20.5 Å². The van der Waals surface area contributed by atoms with Gasteiger partial charge in [0.25, 0.3) is 0 Å². The van der Waals surface area contributed by atoms with Gasteiger partial charge in [0.05, 0.1) is 11.1 Å². The lowest BCUT2D eigenvalue weighted by atomic mass is 10.2. The number of halogens is 3. The van der Waals surface area contributed by atoms with Gasteiger partial charge in [-0.1, -0.05) is 6.07 Å². The molecule has 3 aromatic carbocycles. The lowest BCUT2D eigenvalue weighted by Gasteiger charge is -2.11. The summed E-state index contributed by atoms with van der Waals surface area (Å²) in [5.41, 5.74) is -0.0992. The van der Waals surface area contributed by atoms with Crippen molar-refractivity contribution < 1.29 is 32.6 Å². The minimum atomic E-state index is -4.45. The summed E-state index contributed by atoms with van der Waals surface area (Å²) in [6.07, 6.45) is -4.45. The Kier molecular flexibility index (Phi) is 5.91. The molecule has 6 nitrogen and oxygen atoms in total. The van der Waals surface area contributed by atoms with Crippen molar-refractivity contribution in [2.75, 3.05) is 10.6 Å². The molecule has 3 aromatic rings. The predicted molar refractivity (Wildman–Crippen MR) is 104 cm³/mol. The average molecular weight is 416 g/mol. The number of benzene rings is 3. The molecule has 0 bridgehead atoms. The van der Waals surface area contributed by atoms with E-state index < -0.39 is 23.7 Å². The topological polar surface area (TPSA) is 87.7 Å². The van der Waals surface area contributed by atoms with Gasteiger partial charge in [0.2, 0.25) is 0 Å². The molecule has 0 heterocycles. The van der Waals surface area contributed by atoms with Crippen LogP contribution in [0, 0.1) is 0 Å². The molecule has 0 atom stereocenters. The number of aromatic carboxylic acids is 1. The molecule has 0 aliphatic rings. The van der Waals surface area contributed by atoms with E-state index in [1.165, 1.54) is 30.3 Å². The van der Waals surface area contributed by atoms with Crippen LogP contribution in [0.15, 0.2) is 72.8 Å². The van der Waals surface area contributed by atoms with Gasteiger partial charge in [0.1, 0.15) is 11.5 Å². The second kappa shape index (κ2) is 8.56. The molecule has 0 unspecified atom stereocenters. The fourth-order valence-corrected chi connectivity index (χ4v) is 2.47. The molecular formula is C21H15F3N2O4. The quantitative estimate of drug-likeness (QED) is 0.488. The van der Waals surface area contributed by atoms with Gasteiger partial charge >= 0.3 is 18.2 Å². The molecule has 3 rings (SSSR count). The van der Waals surface area contributed by atoms with Crippen molar-refractivity contribution in [3.05, 3.63) is 83.9 Å². The van der Waals surface area contributed by atoms with Crippen molar-refractivity contribution in [1.29, 1.82) is 0 Å². The average Bonchev–Trinajstić information content (AvgIpc) is 2.68. The molecule has 30 heavy (non-hydrogen) atoms. The standard InChI is InChI=1S/C21H15F3N2O4/c22-21(23,24)14-6-8-15(9-7-14)25-20(29)26-16-2-1-3-18(12-16)30-17-10-4-13(5-11-17)19(27)28/h1-12H,(H,27,28)(H2,25,26,29). The number of ether oxygens (including phenoxy) is 1. The lowest BCUT2D eigenvalue weighted by Crippen LogP contribution is -2.19. The van der Waals surface area contributed by atoms with Crippen LogP contribution >= 0.6 is 0 Å². The second-order valence-electron chi connectivity index (χ2n) is 6.11. The van der Waals surface area contributed by atoms with Crippen molar-refractivity contribution in [3.8, 4) is 11.5 Å². The first kappa shape index (κ1) is 20.7. The van der Waals surface area contributed by atoms with Crippen LogP contribution in [0.25, 0.3) is 0 Å². The summed E-state index contributed by atoms with van der Waals surface area (Å²) in [7, 11) is 0. The van der Waals surface area contributed by atoms with Crippen molar-refractivity contribution in [1.82, 2.24) is 0 Å². The molecule has 0 fully saturated rings. The Balaban J connectivity index is 1.61. The second-order valence-corrected chi connectivity index (χ2v) is 6.11. The Bertz CT molecular complexity index is 1050. The number of alkyl halides is 3. The third kappa shape index (κ3) is 5.51. The molecule has 2 amide bonds. The first-order chi connectivity index (χ1) is 14.2. The number of carboxylic acids is 1. The molecule has 0 saturated carbocycles. The van der Waals surface area contributed by atoms with Crippen LogP contribution in [0.2, 0.25) is 0 Å². The van der Waals surface area contributed by atoms with Crippen molar-refractivity contribution in [2.24, 2.45) is 0 Å². The van der Waals surface area contributed by atoms with E-state index in [4.69, 9.17) is 9.84 Å². The minimum Gasteiger partial charge on any atom is -0.478 e. The van der Waals surface area contributed by atoms with Crippen molar-refractivity contribution in [2.45, 2.75) is 6.18 Å². The molecule has 3 N–H and O–H groups in total. The summed E-state index contributed by atoms with van der Waals surface area (Å²) in [5.74, 6) is -0.247. The van der Waals surface area contributed by atoms with Gasteiger partial charge in [-0.05, 0) is 60.7 Å².